The second kappa shape index (κ2) is 24.8. The molecule has 4 N–H and O–H groups in total. The molecule has 17 nitrogen and oxygen atoms in total. The molecule has 5 amide bonds. The number of amides is 5. The van der Waals surface area contributed by atoms with E-state index in [0.29, 0.717) is 122 Å². The molecule has 1 aromatic carbocycles. The number of alkyl halides is 3. The van der Waals surface area contributed by atoms with Gasteiger partial charge in [-0.15, -0.1) is 0 Å². The third-order valence-corrected chi connectivity index (χ3v) is 14.9. The highest BCUT2D eigenvalue weighted by Gasteiger charge is 2.45. The fraction of sp³-hybridized carbons (Fsp3) is 0.647. The van der Waals surface area contributed by atoms with E-state index in [1.165, 1.54) is 12.4 Å². The molecule has 2 saturated heterocycles. The Hall–Kier alpha value is -5.47. The van der Waals surface area contributed by atoms with Crippen molar-refractivity contribution in [1.82, 2.24) is 45.6 Å². The first kappa shape index (κ1) is 53.3. The maximum absolute atomic E-state index is 14.1. The van der Waals surface area contributed by atoms with Crippen molar-refractivity contribution >= 4 is 46.3 Å². The molecule has 3 aromatic rings. The molecule has 388 valence electrons. The van der Waals surface area contributed by atoms with Crippen LogP contribution < -0.4 is 21.3 Å². The van der Waals surface area contributed by atoms with Crippen molar-refractivity contribution in [2.45, 2.75) is 146 Å². The zero-order valence-electron chi connectivity index (χ0n) is 41.4. The van der Waals surface area contributed by atoms with Gasteiger partial charge in [0.25, 0.3) is 0 Å². The molecule has 7 rings (SSSR count). The van der Waals surface area contributed by atoms with Crippen LogP contribution in [-0.4, -0.2) is 149 Å². The van der Waals surface area contributed by atoms with Crippen molar-refractivity contribution in [3.8, 4) is 0 Å². The molecule has 0 radical (unpaired) electrons. The van der Waals surface area contributed by atoms with Crippen LogP contribution >= 0.6 is 0 Å². The summed E-state index contributed by atoms with van der Waals surface area (Å²) in [5, 5.41) is 12.8. The van der Waals surface area contributed by atoms with E-state index in [1.54, 1.807) is 30.4 Å². The number of hydrogen-bond acceptors (Lipinski definition) is 12. The summed E-state index contributed by atoms with van der Waals surface area (Å²) in [6.07, 6.45) is 7.81. The van der Waals surface area contributed by atoms with Gasteiger partial charge in [0, 0.05) is 101 Å². The topological polar surface area (TPSA) is 200 Å². The van der Waals surface area contributed by atoms with E-state index in [-0.39, 0.29) is 83.3 Å². The SMILES string of the molecule is CC(C)N(C)[C@@H]1CC[C@H](N2CC[C@H](Nc3ncnc4ccc(C(F)(F)F)cc34)C2=O)[C@H](NC(=O)[C@H]2CC[C@@H](NC(=O)CCCOCCCOCCCNC(=O)[C@H]3CC(=O)N(C)[C@@H]3c3cccnc3)CC2)C1. The average Bonchev–Trinajstić information content (AvgIpc) is 3.87. The predicted octanol–water partition coefficient (Wildman–Crippen LogP) is 5.41. The van der Waals surface area contributed by atoms with Gasteiger partial charge in [0.15, 0.2) is 0 Å². The number of rotatable bonds is 22. The largest absolute Gasteiger partial charge is 0.416 e. The second-order valence-electron chi connectivity index (χ2n) is 19.9. The standard InChI is InChI=1S/C51H71F3N10O7/c1-32(2)62(3)37-16-18-43(64-22-19-41(50(64)69)60-47-38-27-35(51(52,53)54)13-17-40(38)57-31-58-47)42(28-37)61-48(67)33-11-14-36(15-12-33)59-44(65)10-6-23-70-25-8-26-71-24-7-21-56-49(68)39-29-45(66)63(4)46(39)34-9-5-20-55-30-34/h5,9,13,17,20,27,30-33,36-37,39,41-43,46H,6-8,10-12,14-16,18-19,21-26,28-29H2,1-4H3,(H,56,68)(H,59,65)(H,61,67)(H,57,58,60)/t33-,36+,37-,39+,41+,42-,43+,46-/m1/s1. The number of nitrogens with zero attached hydrogens (tertiary/aromatic N) is 6. The monoisotopic (exact) mass is 993 g/mol. The Balaban J connectivity index is 0.774. The van der Waals surface area contributed by atoms with Crippen molar-refractivity contribution in [2.24, 2.45) is 11.8 Å². The highest BCUT2D eigenvalue weighted by molar-refractivity contribution is 5.93. The third kappa shape index (κ3) is 13.9. The molecule has 6 atom stereocenters. The number of carbonyl (C=O) groups excluding carboxylic acids is 5. The second-order valence-corrected chi connectivity index (χ2v) is 19.9. The average molecular weight is 993 g/mol. The van der Waals surface area contributed by atoms with Gasteiger partial charge in [-0.2, -0.15) is 13.2 Å². The van der Waals surface area contributed by atoms with Crippen molar-refractivity contribution in [2.75, 3.05) is 58.9 Å². The van der Waals surface area contributed by atoms with Crippen LogP contribution in [0.1, 0.15) is 114 Å². The lowest BCUT2D eigenvalue weighted by Gasteiger charge is -2.45. The van der Waals surface area contributed by atoms with Crippen LogP contribution in [-0.2, 0) is 39.6 Å². The van der Waals surface area contributed by atoms with Crippen LogP contribution in [0.3, 0.4) is 0 Å². The van der Waals surface area contributed by atoms with Crippen LogP contribution in [0.5, 0.6) is 0 Å². The minimum atomic E-state index is -4.55. The van der Waals surface area contributed by atoms with E-state index in [1.807, 2.05) is 11.0 Å². The van der Waals surface area contributed by atoms with Gasteiger partial charge in [-0.25, -0.2) is 9.97 Å². The maximum atomic E-state index is 14.1. The molecule has 4 fully saturated rings. The van der Waals surface area contributed by atoms with E-state index in [2.05, 4.69) is 62.0 Å². The lowest BCUT2D eigenvalue weighted by molar-refractivity contribution is -0.137. The Morgan fingerprint density at radius 2 is 1.65 bits per heavy atom. The zero-order chi connectivity index (χ0) is 50.7. The first-order valence-corrected chi connectivity index (χ1v) is 25.4. The maximum Gasteiger partial charge on any atom is 0.416 e. The molecule has 0 bridgehead atoms. The Morgan fingerprint density at radius 1 is 0.901 bits per heavy atom. The van der Waals surface area contributed by atoms with Crippen LogP contribution in [0, 0.1) is 11.8 Å². The van der Waals surface area contributed by atoms with E-state index < -0.39 is 23.7 Å². The summed E-state index contributed by atoms with van der Waals surface area (Å²) in [7, 11) is 3.80. The van der Waals surface area contributed by atoms with Crippen molar-refractivity contribution in [3.05, 3.63) is 60.2 Å². The normalized spacial score (nSPS) is 25.0. The van der Waals surface area contributed by atoms with Gasteiger partial charge in [-0.1, -0.05) is 6.07 Å². The molecule has 71 heavy (non-hydrogen) atoms. The lowest BCUT2D eigenvalue weighted by Crippen LogP contribution is -2.59. The van der Waals surface area contributed by atoms with Crippen molar-refractivity contribution in [1.29, 1.82) is 0 Å². The number of ether oxygens (including phenoxy) is 2. The molecule has 0 spiro atoms. The van der Waals surface area contributed by atoms with Crippen LogP contribution in [0.15, 0.2) is 49.1 Å². The smallest absolute Gasteiger partial charge is 0.381 e. The van der Waals surface area contributed by atoms with Gasteiger partial charge in [-0.3, -0.25) is 29.0 Å². The van der Waals surface area contributed by atoms with E-state index in [9.17, 15) is 37.1 Å². The number of nitrogens with one attached hydrogen (secondary N) is 4. The molecular formula is C51H71F3N10O7. The Kier molecular flexibility index (Phi) is 18.6. The first-order valence-electron chi connectivity index (χ1n) is 25.4. The molecule has 4 aliphatic rings. The number of likely N-dealkylation sites (tertiary alicyclic amines) is 2. The number of carbonyl (C=O) groups is 5. The van der Waals surface area contributed by atoms with E-state index >= 15 is 0 Å². The molecule has 0 unspecified atom stereocenters. The fourth-order valence-electron chi connectivity index (χ4n) is 10.7. The van der Waals surface area contributed by atoms with Gasteiger partial charge >= 0.3 is 6.18 Å². The van der Waals surface area contributed by atoms with E-state index in [4.69, 9.17) is 9.47 Å². The summed E-state index contributed by atoms with van der Waals surface area (Å²) in [6, 6.07) is 5.90. The summed E-state index contributed by atoms with van der Waals surface area (Å²) in [5.74, 6) is -0.983. The quantitative estimate of drug-likeness (QED) is 0.0936. The Labute approximate surface area is 414 Å². The minimum absolute atomic E-state index is 0.0134. The van der Waals surface area contributed by atoms with Gasteiger partial charge in [0.05, 0.1) is 35.1 Å². The highest BCUT2D eigenvalue weighted by atomic mass is 19.4. The van der Waals surface area contributed by atoms with Crippen LogP contribution in [0.25, 0.3) is 10.9 Å². The zero-order valence-corrected chi connectivity index (χ0v) is 41.4. The molecule has 2 saturated carbocycles. The summed E-state index contributed by atoms with van der Waals surface area (Å²) >= 11 is 0. The number of aromatic nitrogens is 3. The van der Waals surface area contributed by atoms with Crippen LogP contribution in [0.4, 0.5) is 19.0 Å². The van der Waals surface area contributed by atoms with Gasteiger partial charge in [0.2, 0.25) is 29.5 Å². The molecule has 20 heteroatoms. The van der Waals surface area contributed by atoms with Gasteiger partial charge < -0.3 is 45.4 Å². The minimum Gasteiger partial charge on any atom is -0.381 e. The molecule has 2 aliphatic carbocycles. The van der Waals surface area contributed by atoms with Crippen LogP contribution in [0.2, 0.25) is 0 Å². The number of hydrogen-bond donors (Lipinski definition) is 4. The third-order valence-electron chi connectivity index (χ3n) is 14.9. The summed E-state index contributed by atoms with van der Waals surface area (Å²) in [6.45, 7) is 7.11. The summed E-state index contributed by atoms with van der Waals surface area (Å²) in [4.78, 5) is 84.4. The number of anilines is 1. The summed E-state index contributed by atoms with van der Waals surface area (Å²) < 4.78 is 52.2. The predicted molar refractivity (Wildman–Crippen MR) is 259 cm³/mol. The molecular weight excluding hydrogens is 922 g/mol. The summed E-state index contributed by atoms with van der Waals surface area (Å²) in [5.41, 5.74) is 0.352. The lowest BCUT2D eigenvalue weighted by atomic mass is 9.82. The van der Waals surface area contributed by atoms with E-state index in [0.717, 1.165) is 24.1 Å². The number of fused-ring (bicyclic) bond motifs is 1. The number of benzene rings is 1. The Morgan fingerprint density at radius 3 is 2.37 bits per heavy atom. The molecule has 4 heterocycles. The number of pyridine rings is 1. The first-order chi connectivity index (χ1) is 34.1. The van der Waals surface area contributed by atoms with Gasteiger partial charge in [-0.05, 0) is 121 Å². The Bertz CT molecular complexity index is 2280. The fourth-order valence-corrected chi connectivity index (χ4v) is 10.7. The van der Waals surface area contributed by atoms with Crippen molar-refractivity contribution in [3.63, 3.8) is 0 Å². The van der Waals surface area contributed by atoms with Gasteiger partial charge in [0.1, 0.15) is 18.2 Å². The highest BCUT2D eigenvalue weighted by Crippen LogP contribution is 2.38. The molecule has 2 aliphatic heterocycles. The number of halogens is 3. The van der Waals surface area contributed by atoms with Crippen molar-refractivity contribution < 1.29 is 46.6 Å². The molecule has 2 aromatic heterocycles.